The average Bonchev–Trinajstić information content (AvgIpc) is 3.34. The molecule has 4 aliphatic rings. The summed E-state index contributed by atoms with van der Waals surface area (Å²) in [4.78, 5) is 25.8. The molecule has 6 rings (SSSR count). The monoisotopic (exact) mass is 420 g/mol. The van der Waals surface area contributed by atoms with Crippen LogP contribution in [0.4, 0.5) is 5.69 Å². The average molecular weight is 420 g/mol. The van der Waals surface area contributed by atoms with Crippen LogP contribution in [0.15, 0.2) is 48.6 Å². The van der Waals surface area contributed by atoms with Gasteiger partial charge in [0.05, 0.1) is 4.92 Å². The van der Waals surface area contributed by atoms with Crippen LogP contribution in [0.3, 0.4) is 0 Å². The number of benzene rings is 2. The van der Waals surface area contributed by atoms with Crippen LogP contribution < -0.4 is 9.47 Å². The summed E-state index contributed by atoms with van der Waals surface area (Å²) in [7, 11) is 0. The molecule has 0 saturated carbocycles. The fraction of sp³-hybridized carbons (Fsp3) is 0.348. The normalized spacial score (nSPS) is 29.2. The number of ether oxygens (including phenoxy) is 3. The maximum Gasteiger partial charge on any atom is 0.345 e. The number of esters is 1. The fourth-order valence-corrected chi connectivity index (χ4v) is 5.56. The topological polar surface area (TPSA) is 91.1 Å². The zero-order valence-corrected chi connectivity index (χ0v) is 16.7. The quantitative estimate of drug-likeness (QED) is 0.326. The van der Waals surface area contributed by atoms with Gasteiger partial charge in [-0.25, -0.2) is 4.79 Å². The van der Waals surface area contributed by atoms with Crippen molar-refractivity contribution in [1.82, 2.24) is 4.90 Å². The number of para-hydroxylation sites is 1. The van der Waals surface area contributed by atoms with E-state index in [-0.39, 0.29) is 29.5 Å². The minimum absolute atomic E-state index is 0.0221. The lowest BCUT2D eigenvalue weighted by Crippen LogP contribution is -2.49. The minimum Gasteiger partial charge on any atom is -0.454 e. The largest absolute Gasteiger partial charge is 0.454 e. The van der Waals surface area contributed by atoms with Crippen molar-refractivity contribution in [3.63, 3.8) is 0 Å². The molecule has 3 aliphatic heterocycles. The van der Waals surface area contributed by atoms with Crippen molar-refractivity contribution in [2.24, 2.45) is 0 Å². The summed E-state index contributed by atoms with van der Waals surface area (Å²) in [5.41, 5.74) is 2.10. The number of fused-ring (bicyclic) bond motifs is 2. The van der Waals surface area contributed by atoms with E-state index in [0.717, 1.165) is 31.0 Å². The predicted molar refractivity (Wildman–Crippen MR) is 109 cm³/mol. The van der Waals surface area contributed by atoms with Gasteiger partial charge in [-0.3, -0.25) is 15.0 Å². The lowest BCUT2D eigenvalue weighted by Gasteiger charge is -2.45. The maximum absolute atomic E-state index is 12.7. The van der Waals surface area contributed by atoms with E-state index in [9.17, 15) is 14.9 Å². The van der Waals surface area contributed by atoms with Crippen molar-refractivity contribution in [2.75, 3.05) is 13.3 Å². The van der Waals surface area contributed by atoms with Crippen LogP contribution in [0.5, 0.6) is 11.5 Å². The summed E-state index contributed by atoms with van der Waals surface area (Å²) in [5.74, 6) is 0.913. The molecular weight excluding hydrogens is 400 g/mol. The molecule has 0 N–H and O–H groups in total. The van der Waals surface area contributed by atoms with E-state index in [2.05, 4.69) is 23.1 Å². The van der Waals surface area contributed by atoms with Gasteiger partial charge in [0.2, 0.25) is 6.79 Å². The van der Waals surface area contributed by atoms with Gasteiger partial charge in [-0.2, -0.15) is 0 Å². The first-order chi connectivity index (χ1) is 15.0. The summed E-state index contributed by atoms with van der Waals surface area (Å²) in [5, 5.41) is 11.3. The minimum atomic E-state index is -0.667. The van der Waals surface area contributed by atoms with Crippen LogP contribution in [0.2, 0.25) is 0 Å². The third-order valence-corrected chi connectivity index (χ3v) is 6.96. The van der Waals surface area contributed by atoms with Crippen LogP contribution in [0, 0.1) is 10.1 Å². The van der Waals surface area contributed by atoms with Crippen molar-refractivity contribution in [1.29, 1.82) is 0 Å². The SMILES string of the molecule is O=C(O[C@@H]1C=C[C@]23CCN(Cc4cc5c(cc42)OCO5)[C@H]3C1)c1ccccc1[N+](=O)[O-]. The van der Waals surface area contributed by atoms with Crippen LogP contribution in [0.25, 0.3) is 0 Å². The van der Waals surface area contributed by atoms with Gasteiger partial charge >= 0.3 is 5.97 Å². The van der Waals surface area contributed by atoms with E-state index >= 15 is 0 Å². The molecule has 8 nitrogen and oxygen atoms in total. The van der Waals surface area contributed by atoms with Crippen LogP contribution >= 0.6 is 0 Å². The Labute approximate surface area is 178 Å². The summed E-state index contributed by atoms with van der Waals surface area (Å²) in [6.45, 7) is 2.02. The molecule has 1 fully saturated rings. The molecule has 1 saturated heterocycles. The van der Waals surface area contributed by atoms with Crippen molar-refractivity contribution >= 4 is 11.7 Å². The second kappa shape index (κ2) is 6.55. The highest BCUT2D eigenvalue weighted by molar-refractivity contribution is 5.94. The molecular formula is C23H20N2O6. The summed E-state index contributed by atoms with van der Waals surface area (Å²) in [6, 6.07) is 10.3. The van der Waals surface area contributed by atoms with Crippen molar-refractivity contribution in [2.45, 2.75) is 36.9 Å². The Balaban J connectivity index is 1.30. The van der Waals surface area contributed by atoms with Gasteiger partial charge in [0.15, 0.2) is 11.5 Å². The van der Waals surface area contributed by atoms with E-state index in [1.165, 1.54) is 29.3 Å². The first-order valence-electron chi connectivity index (χ1n) is 10.4. The Morgan fingerprint density at radius 2 is 2.03 bits per heavy atom. The molecule has 0 radical (unpaired) electrons. The standard InChI is InChI=1S/C23H20N2O6/c26-22(16-3-1-2-4-18(16)25(27)28)31-15-5-6-23-7-8-24(21(23)10-15)12-14-9-19-20(11-17(14)23)30-13-29-19/h1-6,9,11,15,21H,7-8,10,12-13H2/t15-,21+,23+/m1/s1. The number of carbonyl (C=O) groups excluding carboxylic acids is 1. The maximum atomic E-state index is 12.7. The fourth-order valence-electron chi connectivity index (χ4n) is 5.56. The lowest BCUT2D eigenvalue weighted by molar-refractivity contribution is -0.385. The van der Waals surface area contributed by atoms with Gasteiger partial charge in [-0.15, -0.1) is 0 Å². The molecule has 0 amide bonds. The lowest BCUT2D eigenvalue weighted by atomic mass is 9.66. The number of hydrogen-bond acceptors (Lipinski definition) is 7. The predicted octanol–water partition coefficient (Wildman–Crippen LogP) is 3.33. The van der Waals surface area contributed by atoms with Gasteiger partial charge in [0.1, 0.15) is 11.7 Å². The molecule has 0 aromatic heterocycles. The van der Waals surface area contributed by atoms with Gasteiger partial charge in [0, 0.05) is 37.0 Å². The zero-order chi connectivity index (χ0) is 21.2. The van der Waals surface area contributed by atoms with Crippen molar-refractivity contribution in [3.05, 3.63) is 75.4 Å². The highest BCUT2D eigenvalue weighted by Gasteiger charge is 2.53. The Hall–Kier alpha value is -3.39. The number of rotatable bonds is 3. The Bertz CT molecular complexity index is 1140. The molecule has 158 valence electrons. The molecule has 0 spiro atoms. The van der Waals surface area contributed by atoms with Crippen LogP contribution in [-0.2, 0) is 16.7 Å². The number of hydrogen-bond donors (Lipinski definition) is 0. The Morgan fingerprint density at radius 1 is 1.23 bits per heavy atom. The number of nitro benzene ring substituents is 1. The molecule has 2 bridgehead atoms. The van der Waals surface area contributed by atoms with Gasteiger partial charge < -0.3 is 14.2 Å². The molecule has 2 aromatic rings. The zero-order valence-electron chi connectivity index (χ0n) is 16.7. The molecule has 2 aromatic carbocycles. The van der Waals surface area contributed by atoms with Crippen LogP contribution in [-0.4, -0.2) is 41.3 Å². The smallest absolute Gasteiger partial charge is 0.345 e. The summed E-state index contributed by atoms with van der Waals surface area (Å²) >= 11 is 0. The second-order valence-electron chi connectivity index (χ2n) is 8.45. The van der Waals surface area contributed by atoms with E-state index in [1.54, 1.807) is 6.07 Å². The molecule has 1 unspecified atom stereocenters. The molecule has 1 aliphatic carbocycles. The molecule has 8 heteroatoms. The van der Waals surface area contributed by atoms with Crippen LogP contribution in [0.1, 0.15) is 34.3 Å². The number of carbonyl (C=O) groups is 1. The highest BCUT2D eigenvalue weighted by atomic mass is 16.7. The van der Waals surface area contributed by atoms with Crippen molar-refractivity contribution < 1.29 is 23.9 Å². The highest BCUT2D eigenvalue weighted by Crippen LogP contribution is 2.53. The van der Waals surface area contributed by atoms with E-state index < -0.39 is 17.0 Å². The molecule has 3 heterocycles. The van der Waals surface area contributed by atoms with Gasteiger partial charge in [-0.05, 0) is 41.8 Å². The van der Waals surface area contributed by atoms with E-state index in [1.807, 2.05) is 6.08 Å². The first-order valence-corrected chi connectivity index (χ1v) is 10.4. The summed E-state index contributed by atoms with van der Waals surface area (Å²) in [6.07, 6.45) is 5.31. The summed E-state index contributed by atoms with van der Waals surface area (Å²) < 4.78 is 16.9. The number of nitro groups is 1. The third-order valence-electron chi connectivity index (χ3n) is 6.96. The first kappa shape index (κ1) is 18.4. The Morgan fingerprint density at radius 3 is 2.87 bits per heavy atom. The second-order valence-corrected chi connectivity index (χ2v) is 8.45. The van der Waals surface area contributed by atoms with E-state index in [0.29, 0.717) is 6.42 Å². The third kappa shape index (κ3) is 2.68. The van der Waals surface area contributed by atoms with E-state index in [4.69, 9.17) is 14.2 Å². The molecule has 4 atom stereocenters. The van der Waals surface area contributed by atoms with Crippen molar-refractivity contribution in [3.8, 4) is 11.5 Å². The van der Waals surface area contributed by atoms with Gasteiger partial charge in [0.25, 0.3) is 5.69 Å². The number of nitrogens with zero attached hydrogens (tertiary/aromatic N) is 2. The molecule has 31 heavy (non-hydrogen) atoms. The van der Waals surface area contributed by atoms with Gasteiger partial charge in [-0.1, -0.05) is 18.2 Å². The Kier molecular flexibility index (Phi) is 3.89.